The lowest BCUT2D eigenvalue weighted by Crippen LogP contribution is -2.62. The predicted octanol–water partition coefficient (Wildman–Crippen LogP) is 7.62. The lowest BCUT2D eigenvalue weighted by atomic mass is 9.87. The summed E-state index contributed by atoms with van der Waals surface area (Å²) in [6.45, 7) is 5.90. The molecule has 1 aliphatic carbocycles. The Morgan fingerprint density at radius 1 is 0.683 bits per heavy atom. The van der Waals surface area contributed by atoms with Gasteiger partial charge in [-0.2, -0.15) is 0 Å². The number of carbonyl (C=O) groups excluding carboxylic acids is 5. The summed E-state index contributed by atoms with van der Waals surface area (Å²) in [6, 6.07) is 33.5. The highest BCUT2D eigenvalue weighted by Crippen LogP contribution is 2.44. The first-order valence-electron chi connectivity index (χ1n) is 20.5. The van der Waals surface area contributed by atoms with Crippen molar-refractivity contribution in [2.45, 2.75) is 89.2 Å². The summed E-state index contributed by atoms with van der Waals surface area (Å²) < 4.78 is 22.4. The molecule has 1 aliphatic heterocycles. The summed E-state index contributed by atoms with van der Waals surface area (Å²) in [5.41, 5.74) is 3.77. The van der Waals surface area contributed by atoms with Gasteiger partial charge in [-0.3, -0.25) is 4.79 Å². The smallest absolute Gasteiger partial charge is 0.408 e. The Bertz CT molecular complexity index is 2050. The van der Waals surface area contributed by atoms with Crippen LogP contribution in [0.25, 0.3) is 11.1 Å². The highest BCUT2D eigenvalue weighted by Gasteiger charge is 2.46. The number of fused-ring (bicyclic) bond motifs is 3. The number of hydrogen-bond donors (Lipinski definition) is 3. The van der Waals surface area contributed by atoms with Gasteiger partial charge in [0.15, 0.2) is 0 Å². The molecule has 316 valence electrons. The molecular formula is C47H54N4O9. The average molecular weight is 819 g/mol. The van der Waals surface area contributed by atoms with E-state index in [9.17, 15) is 24.0 Å². The summed E-state index contributed by atoms with van der Waals surface area (Å²) in [7, 11) is 0. The van der Waals surface area contributed by atoms with Gasteiger partial charge in [0.1, 0.15) is 37.0 Å². The van der Waals surface area contributed by atoms with Crippen molar-refractivity contribution < 1.29 is 42.9 Å². The van der Waals surface area contributed by atoms with E-state index in [0.29, 0.717) is 19.4 Å². The van der Waals surface area contributed by atoms with Crippen LogP contribution in [0.1, 0.15) is 81.0 Å². The monoisotopic (exact) mass is 818 g/mol. The number of ether oxygens (including phenoxy) is 4. The van der Waals surface area contributed by atoms with E-state index in [1.54, 1.807) is 25.7 Å². The molecule has 4 aromatic carbocycles. The molecule has 60 heavy (non-hydrogen) atoms. The third kappa shape index (κ3) is 11.6. The molecule has 1 unspecified atom stereocenters. The SMILES string of the molecule is CC(C)(C)OC(=O)NCCCCC(NC(=O)OCC1c2ccccc2-c2ccccc21)C(=O)N1CCC(NC(=O)OCc2ccccc2)(C(=O)OCc2ccccc2)CC1. The van der Waals surface area contributed by atoms with Crippen molar-refractivity contribution in [1.82, 2.24) is 20.9 Å². The first-order chi connectivity index (χ1) is 28.9. The van der Waals surface area contributed by atoms with E-state index in [-0.39, 0.29) is 64.0 Å². The Balaban J connectivity index is 1.11. The maximum Gasteiger partial charge on any atom is 0.408 e. The Hall–Kier alpha value is -6.37. The number of rotatable bonds is 15. The number of nitrogens with zero attached hydrogens (tertiary/aromatic N) is 1. The molecule has 13 nitrogen and oxygen atoms in total. The molecular weight excluding hydrogens is 765 g/mol. The van der Waals surface area contributed by atoms with Crippen LogP contribution in [0.15, 0.2) is 109 Å². The Morgan fingerprint density at radius 3 is 1.82 bits per heavy atom. The largest absolute Gasteiger partial charge is 0.459 e. The number of nitrogens with one attached hydrogen (secondary N) is 3. The molecule has 1 atom stereocenters. The molecule has 0 saturated carbocycles. The van der Waals surface area contributed by atoms with E-state index >= 15 is 0 Å². The molecule has 0 spiro atoms. The highest BCUT2D eigenvalue weighted by atomic mass is 16.6. The minimum absolute atomic E-state index is 0.000270. The van der Waals surface area contributed by atoms with Gasteiger partial charge in [-0.25, -0.2) is 19.2 Å². The van der Waals surface area contributed by atoms with Crippen LogP contribution >= 0.6 is 0 Å². The van der Waals surface area contributed by atoms with Crippen molar-refractivity contribution in [2.24, 2.45) is 0 Å². The number of likely N-dealkylation sites (tertiary alicyclic amines) is 1. The van der Waals surface area contributed by atoms with Crippen LogP contribution in [-0.4, -0.2) is 78.5 Å². The summed E-state index contributed by atoms with van der Waals surface area (Å²) in [6.07, 6.45) is -0.720. The van der Waals surface area contributed by atoms with Crippen molar-refractivity contribution in [3.8, 4) is 11.1 Å². The lowest BCUT2D eigenvalue weighted by molar-refractivity contribution is -0.156. The number of hydrogen-bond acceptors (Lipinski definition) is 9. The minimum atomic E-state index is -1.47. The van der Waals surface area contributed by atoms with Crippen molar-refractivity contribution >= 4 is 30.2 Å². The first-order valence-corrected chi connectivity index (χ1v) is 20.5. The van der Waals surface area contributed by atoms with Crippen LogP contribution < -0.4 is 16.0 Å². The second kappa shape index (κ2) is 20.1. The number of amides is 4. The number of alkyl carbamates (subject to hydrolysis) is 3. The zero-order chi connectivity index (χ0) is 42.5. The van der Waals surface area contributed by atoms with Gasteiger partial charge in [0, 0.05) is 25.6 Å². The molecule has 2 aliphatic rings. The fraction of sp³-hybridized carbons (Fsp3) is 0.383. The highest BCUT2D eigenvalue weighted by molar-refractivity contribution is 5.88. The minimum Gasteiger partial charge on any atom is -0.459 e. The van der Waals surface area contributed by atoms with Crippen molar-refractivity contribution in [3.05, 3.63) is 131 Å². The maximum absolute atomic E-state index is 14.3. The van der Waals surface area contributed by atoms with Crippen molar-refractivity contribution in [3.63, 3.8) is 0 Å². The number of unbranched alkanes of at least 4 members (excludes halogenated alkanes) is 1. The van der Waals surface area contributed by atoms with E-state index in [4.69, 9.17) is 18.9 Å². The number of carbonyl (C=O) groups is 5. The first kappa shape index (κ1) is 43.2. The van der Waals surface area contributed by atoms with Crippen LogP contribution in [0.2, 0.25) is 0 Å². The molecule has 1 fully saturated rings. The molecule has 4 amide bonds. The third-order valence-corrected chi connectivity index (χ3v) is 10.6. The van der Waals surface area contributed by atoms with Crippen molar-refractivity contribution in [2.75, 3.05) is 26.2 Å². The van der Waals surface area contributed by atoms with E-state index in [1.807, 2.05) is 97.1 Å². The van der Waals surface area contributed by atoms with Gasteiger partial charge in [-0.1, -0.05) is 109 Å². The second-order valence-electron chi connectivity index (χ2n) is 16.1. The van der Waals surface area contributed by atoms with Gasteiger partial charge >= 0.3 is 24.2 Å². The molecule has 6 rings (SSSR count). The van der Waals surface area contributed by atoms with Gasteiger partial charge < -0.3 is 39.8 Å². The molecule has 1 saturated heterocycles. The van der Waals surface area contributed by atoms with Crippen LogP contribution in [0.3, 0.4) is 0 Å². The Kier molecular flexibility index (Phi) is 14.4. The average Bonchev–Trinajstić information content (AvgIpc) is 3.57. The van der Waals surface area contributed by atoms with Gasteiger partial charge in [0.05, 0.1) is 0 Å². The fourth-order valence-corrected chi connectivity index (χ4v) is 7.54. The Labute approximate surface area is 351 Å². The molecule has 3 N–H and O–H groups in total. The summed E-state index contributed by atoms with van der Waals surface area (Å²) in [5.74, 6) is -1.16. The number of piperidine rings is 1. The zero-order valence-corrected chi connectivity index (χ0v) is 34.4. The Morgan fingerprint density at radius 2 is 1.23 bits per heavy atom. The number of esters is 1. The van der Waals surface area contributed by atoms with E-state index < -0.39 is 41.4 Å². The molecule has 1 heterocycles. The predicted molar refractivity (Wildman–Crippen MR) is 225 cm³/mol. The summed E-state index contributed by atoms with van der Waals surface area (Å²) >= 11 is 0. The molecule has 4 aromatic rings. The summed E-state index contributed by atoms with van der Waals surface area (Å²) in [4.78, 5) is 68.5. The fourth-order valence-electron chi connectivity index (χ4n) is 7.54. The zero-order valence-electron chi connectivity index (χ0n) is 34.4. The van der Waals surface area contributed by atoms with Crippen LogP contribution in [0.4, 0.5) is 14.4 Å². The normalized spacial score (nSPS) is 14.8. The van der Waals surface area contributed by atoms with Crippen LogP contribution in [0, 0.1) is 0 Å². The van der Waals surface area contributed by atoms with E-state index in [0.717, 1.165) is 33.4 Å². The molecule has 0 radical (unpaired) electrons. The van der Waals surface area contributed by atoms with E-state index in [1.165, 1.54) is 0 Å². The topological polar surface area (TPSA) is 162 Å². The van der Waals surface area contributed by atoms with Crippen LogP contribution in [-0.2, 0) is 41.8 Å². The van der Waals surface area contributed by atoms with Crippen LogP contribution in [0.5, 0.6) is 0 Å². The molecule has 13 heteroatoms. The van der Waals surface area contributed by atoms with Crippen molar-refractivity contribution in [1.29, 1.82) is 0 Å². The van der Waals surface area contributed by atoms with E-state index in [2.05, 4.69) is 28.1 Å². The van der Waals surface area contributed by atoms with Gasteiger partial charge in [0.25, 0.3) is 0 Å². The molecule has 0 bridgehead atoms. The lowest BCUT2D eigenvalue weighted by Gasteiger charge is -2.41. The quantitative estimate of drug-likeness (QED) is 0.0623. The summed E-state index contributed by atoms with van der Waals surface area (Å²) in [5, 5.41) is 8.33. The second-order valence-corrected chi connectivity index (χ2v) is 16.1. The third-order valence-electron chi connectivity index (χ3n) is 10.6. The standard InChI is InChI=1S/C47H54N4O9/c1-46(2,3)60-43(54)48-27-15-14-24-40(49-44(55)59-32-39-37-22-12-10-20-35(37)36-21-11-13-23-38(36)39)41(52)51-28-25-47(26-29-51,42(53)57-30-33-16-6-4-7-17-33)50-45(56)58-31-34-18-8-5-9-19-34/h4-13,16-23,39-40H,14-15,24-32H2,1-3H3,(H,48,54)(H,49,55)(H,50,56). The van der Waals surface area contributed by atoms with Gasteiger partial charge in [-0.15, -0.1) is 0 Å². The number of benzene rings is 4. The van der Waals surface area contributed by atoms with Gasteiger partial charge in [-0.05, 0) is 86.3 Å². The molecule has 0 aromatic heterocycles. The maximum atomic E-state index is 14.3. The van der Waals surface area contributed by atoms with Gasteiger partial charge in [0.2, 0.25) is 5.91 Å².